The molecule has 1 aliphatic heterocycles. The molecule has 6 nitrogen and oxygen atoms in total. The van der Waals surface area contributed by atoms with Crippen LogP contribution in [0.15, 0.2) is 54.6 Å². The van der Waals surface area contributed by atoms with Gasteiger partial charge in [0.05, 0.1) is 11.1 Å². The van der Waals surface area contributed by atoms with Gasteiger partial charge in [0, 0.05) is 23.9 Å². The summed E-state index contributed by atoms with van der Waals surface area (Å²) in [6.45, 7) is 10.6. The number of hydrogen-bond acceptors (Lipinski definition) is 5. The van der Waals surface area contributed by atoms with Crippen LogP contribution in [0.3, 0.4) is 0 Å². The Kier molecular flexibility index (Phi) is 7.60. The van der Waals surface area contributed by atoms with E-state index in [2.05, 4.69) is 51.8 Å². The van der Waals surface area contributed by atoms with Crippen LogP contribution in [0.5, 0.6) is 0 Å². The van der Waals surface area contributed by atoms with Gasteiger partial charge in [-0.25, -0.2) is 9.59 Å². The molecule has 1 saturated heterocycles. The second-order valence-electron chi connectivity index (χ2n) is 9.51. The Morgan fingerprint density at radius 3 is 2.12 bits per heavy atom. The molecule has 2 unspecified atom stereocenters. The standard InChI is InChI=1S/C27H35NO5/c1-6-27(7-2)18-23(32-25(31)22-15-13-21(14-16-22)24(29)30)17-26(4,5)28(27)33-19(3)20-11-9-8-10-12-20/h8-16,19,23H,6-7,17-18H2,1-5H3,(H,29,30). The molecule has 6 heteroatoms. The minimum atomic E-state index is -1.02. The van der Waals surface area contributed by atoms with E-state index >= 15 is 0 Å². The molecule has 0 radical (unpaired) electrons. The molecule has 1 fully saturated rings. The Balaban J connectivity index is 1.78. The summed E-state index contributed by atoms with van der Waals surface area (Å²) >= 11 is 0. The van der Waals surface area contributed by atoms with Crippen molar-refractivity contribution in [3.8, 4) is 0 Å². The lowest BCUT2D eigenvalue weighted by Gasteiger charge is -2.56. The van der Waals surface area contributed by atoms with Gasteiger partial charge in [-0.15, -0.1) is 0 Å². The van der Waals surface area contributed by atoms with Crippen molar-refractivity contribution in [3.63, 3.8) is 0 Å². The largest absolute Gasteiger partial charge is 0.478 e. The third-order valence-electron chi connectivity index (χ3n) is 6.81. The fourth-order valence-electron chi connectivity index (χ4n) is 4.94. The number of ether oxygens (including phenoxy) is 1. The highest BCUT2D eigenvalue weighted by Crippen LogP contribution is 2.45. The topological polar surface area (TPSA) is 76.1 Å². The fraction of sp³-hybridized carbons (Fsp3) is 0.481. The number of benzene rings is 2. The van der Waals surface area contributed by atoms with E-state index < -0.39 is 11.9 Å². The summed E-state index contributed by atoms with van der Waals surface area (Å²) in [4.78, 5) is 30.5. The highest BCUT2D eigenvalue weighted by atomic mass is 16.7. The molecule has 2 atom stereocenters. The van der Waals surface area contributed by atoms with E-state index in [0.717, 1.165) is 18.4 Å². The van der Waals surface area contributed by atoms with Gasteiger partial charge in [0.15, 0.2) is 0 Å². The Bertz CT molecular complexity index is 950. The van der Waals surface area contributed by atoms with Gasteiger partial charge in [0.25, 0.3) is 0 Å². The first kappa shape index (κ1) is 24.9. The smallest absolute Gasteiger partial charge is 0.338 e. The van der Waals surface area contributed by atoms with Crippen molar-refractivity contribution in [3.05, 3.63) is 71.3 Å². The number of hydroxylamine groups is 2. The average molecular weight is 454 g/mol. The highest BCUT2D eigenvalue weighted by Gasteiger charge is 2.51. The van der Waals surface area contributed by atoms with E-state index in [4.69, 9.17) is 14.7 Å². The second-order valence-corrected chi connectivity index (χ2v) is 9.51. The van der Waals surface area contributed by atoms with Crippen molar-refractivity contribution >= 4 is 11.9 Å². The van der Waals surface area contributed by atoms with Crippen LogP contribution in [0.4, 0.5) is 0 Å². The molecule has 33 heavy (non-hydrogen) atoms. The van der Waals surface area contributed by atoms with Crippen molar-refractivity contribution < 1.29 is 24.3 Å². The maximum Gasteiger partial charge on any atom is 0.338 e. The number of aromatic carboxylic acids is 1. The zero-order chi connectivity index (χ0) is 24.2. The summed E-state index contributed by atoms with van der Waals surface area (Å²) < 4.78 is 5.94. The first-order valence-corrected chi connectivity index (χ1v) is 11.7. The highest BCUT2D eigenvalue weighted by molar-refractivity contribution is 5.92. The van der Waals surface area contributed by atoms with Crippen LogP contribution in [-0.4, -0.2) is 39.3 Å². The average Bonchev–Trinajstić information content (AvgIpc) is 2.80. The van der Waals surface area contributed by atoms with Crippen molar-refractivity contribution in [2.24, 2.45) is 0 Å². The number of esters is 1. The number of carboxylic acids is 1. The number of rotatable bonds is 8. The molecule has 178 valence electrons. The summed E-state index contributed by atoms with van der Waals surface area (Å²) in [5.74, 6) is -1.45. The Labute approximate surface area is 196 Å². The first-order valence-electron chi connectivity index (χ1n) is 11.7. The maximum absolute atomic E-state index is 12.8. The molecule has 0 aromatic heterocycles. The molecule has 0 saturated carbocycles. The molecule has 0 amide bonds. The predicted molar refractivity (Wildman–Crippen MR) is 127 cm³/mol. The lowest BCUT2D eigenvalue weighted by molar-refractivity contribution is -0.322. The second kappa shape index (κ2) is 10.1. The number of piperidine rings is 1. The van der Waals surface area contributed by atoms with Crippen LogP contribution in [0.2, 0.25) is 0 Å². The van der Waals surface area contributed by atoms with Gasteiger partial charge in [0.2, 0.25) is 0 Å². The zero-order valence-electron chi connectivity index (χ0n) is 20.2. The van der Waals surface area contributed by atoms with E-state index in [1.54, 1.807) is 0 Å². The SMILES string of the molecule is CCC1(CC)CC(OC(=O)c2ccc(C(=O)O)cc2)CC(C)(C)N1OC(C)c1ccccc1. The Hall–Kier alpha value is -2.70. The van der Waals surface area contributed by atoms with Crippen LogP contribution in [0.25, 0.3) is 0 Å². The summed E-state index contributed by atoms with van der Waals surface area (Å²) in [6.07, 6.45) is 2.65. The van der Waals surface area contributed by atoms with Crippen LogP contribution >= 0.6 is 0 Å². The maximum atomic E-state index is 12.8. The molecule has 1 heterocycles. The number of carbonyl (C=O) groups excluding carboxylic acids is 1. The van der Waals surface area contributed by atoms with E-state index in [0.29, 0.717) is 18.4 Å². The molecular weight excluding hydrogens is 418 g/mol. The quantitative estimate of drug-likeness (QED) is 0.491. The zero-order valence-corrected chi connectivity index (χ0v) is 20.2. The van der Waals surface area contributed by atoms with Crippen LogP contribution in [0.1, 0.15) is 92.7 Å². The monoisotopic (exact) mass is 453 g/mol. The molecule has 2 aromatic rings. The van der Waals surface area contributed by atoms with Crippen molar-refractivity contribution in [1.29, 1.82) is 0 Å². The van der Waals surface area contributed by atoms with Gasteiger partial charge >= 0.3 is 11.9 Å². The summed E-state index contributed by atoms with van der Waals surface area (Å²) in [6, 6.07) is 16.0. The summed E-state index contributed by atoms with van der Waals surface area (Å²) in [7, 11) is 0. The van der Waals surface area contributed by atoms with E-state index in [9.17, 15) is 9.59 Å². The molecule has 3 rings (SSSR count). The summed E-state index contributed by atoms with van der Waals surface area (Å²) in [5, 5.41) is 11.2. The van der Waals surface area contributed by atoms with Gasteiger partial charge in [0.1, 0.15) is 12.2 Å². The fourth-order valence-corrected chi connectivity index (χ4v) is 4.94. The molecule has 0 bridgehead atoms. The summed E-state index contributed by atoms with van der Waals surface area (Å²) in [5.41, 5.74) is 0.983. The Morgan fingerprint density at radius 2 is 1.58 bits per heavy atom. The number of nitrogens with zero attached hydrogens (tertiary/aromatic N) is 1. The molecule has 0 spiro atoms. The predicted octanol–water partition coefficient (Wildman–Crippen LogP) is 6.04. The van der Waals surface area contributed by atoms with Gasteiger partial charge in [-0.2, -0.15) is 5.06 Å². The van der Waals surface area contributed by atoms with Crippen molar-refractivity contribution in [2.45, 2.75) is 83.6 Å². The van der Waals surface area contributed by atoms with Crippen LogP contribution in [0, 0.1) is 0 Å². The minimum Gasteiger partial charge on any atom is -0.478 e. The normalized spacial score (nSPS) is 20.7. The van der Waals surface area contributed by atoms with Gasteiger partial charge < -0.3 is 9.84 Å². The molecule has 1 N–H and O–H groups in total. The van der Waals surface area contributed by atoms with Gasteiger partial charge in [-0.1, -0.05) is 44.2 Å². The number of carboxylic acid groups (broad SMARTS) is 1. The lowest BCUT2D eigenvalue weighted by atomic mass is 9.75. The Morgan fingerprint density at radius 1 is 1.00 bits per heavy atom. The lowest BCUT2D eigenvalue weighted by Crippen LogP contribution is -2.64. The first-order chi connectivity index (χ1) is 15.6. The van der Waals surface area contributed by atoms with E-state index in [-0.39, 0.29) is 28.8 Å². The van der Waals surface area contributed by atoms with E-state index in [1.807, 2.05) is 18.2 Å². The number of carbonyl (C=O) groups is 2. The third-order valence-corrected chi connectivity index (χ3v) is 6.81. The van der Waals surface area contributed by atoms with Crippen molar-refractivity contribution in [2.75, 3.05) is 0 Å². The van der Waals surface area contributed by atoms with Crippen LogP contribution in [-0.2, 0) is 9.57 Å². The van der Waals surface area contributed by atoms with Gasteiger partial charge in [-0.3, -0.25) is 4.84 Å². The van der Waals surface area contributed by atoms with Crippen molar-refractivity contribution in [1.82, 2.24) is 5.06 Å². The molecule has 2 aromatic carbocycles. The molecule has 1 aliphatic rings. The van der Waals surface area contributed by atoms with Crippen LogP contribution < -0.4 is 0 Å². The van der Waals surface area contributed by atoms with Gasteiger partial charge in [-0.05, 0) is 63.4 Å². The number of hydrogen-bond donors (Lipinski definition) is 1. The third kappa shape index (κ3) is 5.45. The van der Waals surface area contributed by atoms with E-state index in [1.165, 1.54) is 24.3 Å². The minimum absolute atomic E-state index is 0.102. The molecule has 0 aliphatic carbocycles. The molecular formula is C27H35NO5.